The van der Waals surface area contributed by atoms with Gasteiger partial charge in [0.25, 0.3) is 5.56 Å². The second-order valence-electron chi connectivity index (χ2n) is 8.76. The van der Waals surface area contributed by atoms with Crippen molar-refractivity contribution in [1.29, 1.82) is 0 Å². The number of nitrogens with zero attached hydrogens (tertiary/aromatic N) is 2. The molecule has 0 fully saturated rings. The first kappa shape index (κ1) is 22.9. The number of rotatable bonds is 6. The highest BCUT2D eigenvalue weighted by Gasteiger charge is 2.24. The number of hydrogen-bond acceptors (Lipinski definition) is 7. The number of pyridine rings is 1. The van der Waals surface area contributed by atoms with E-state index in [9.17, 15) is 9.59 Å². The van der Waals surface area contributed by atoms with E-state index in [0.29, 0.717) is 20.9 Å². The number of carbonyl (C=O) groups is 1. The van der Waals surface area contributed by atoms with Gasteiger partial charge in [0.15, 0.2) is 10.9 Å². The zero-order chi connectivity index (χ0) is 24.6. The number of methoxy groups -OCH3 is 1. The molecule has 0 spiro atoms. The van der Waals surface area contributed by atoms with Gasteiger partial charge in [-0.2, -0.15) is 0 Å². The first-order valence-corrected chi connectivity index (χ1v) is 13.7. The van der Waals surface area contributed by atoms with Gasteiger partial charge in [-0.15, -0.1) is 11.3 Å². The predicted molar refractivity (Wildman–Crippen MR) is 146 cm³/mol. The van der Waals surface area contributed by atoms with Gasteiger partial charge in [-0.1, -0.05) is 54.2 Å². The predicted octanol–water partition coefficient (Wildman–Crippen LogP) is 6.06. The number of thiophene rings is 1. The number of carbonyl (C=O) groups excluding carboxylic acids is 1. The van der Waals surface area contributed by atoms with Gasteiger partial charge in [0.05, 0.1) is 18.4 Å². The summed E-state index contributed by atoms with van der Waals surface area (Å²) in [7, 11) is 1.66. The lowest BCUT2D eigenvalue weighted by atomic mass is 9.87. The molecule has 6 rings (SSSR count). The summed E-state index contributed by atoms with van der Waals surface area (Å²) in [5, 5.41) is 1.36. The molecule has 36 heavy (non-hydrogen) atoms. The van der Waals surface area contributed by atoms with Crippen LogP contribution in [0.5, 0.6) is 5.75 Å². The Morgan fingerprint density at radius 3 is 2.61 bits per heavy atom. The molecular formula is C28H23N3O3S2. The van der Waals surface area contributed by atoms with E-state index in [1.807, 2.05) is 30.3 Å². The van der Waals surface area contributed by atoms with Crippen LogP contribution < -0.4 is 10.3 Å². The van der Waals surface area contributed by atoms with E-state index < -0.39 is 0 Å². The fourth-order valence-electron chi connectivity index (χ4n) is 4.80. The summed E-state index contributed by atoms with van der Waals surface area (Å²) in [5.74, 6) is 0.983. The van der Waals surface area contributed by atoms with Crippen LogP contribution in [0.3, 0.4) is 0 Å². The molecule has 1 aliphatic carbocycles. The number of aromatic nitrogens is 3. The van der Waals surface area contributed by atoms with E-state index in [1.165, 1.54) is 28.7 Å². The van der Waals surface area contributed by atoms with Gasteiger partial charge < -0.3 is 9.72 Å². The molecule has 0 amide bonds. The van der Waals surface area contributed by atoms with Crippen molar-refractivity contribution < 1.29 is 9.53 Å². The Hall–Kier alpha value is -3.49. The Bertz CT molecular complexity index is 1660. The summed E-state index contributed by atoms with van der Waals surface area (Å²) < 4.78 is 5.93. The van der Waals surface area contributed by atoms with E-state index in [0.717, 1.165) is 58.5 Å². The van der Waals surface area contributed by atoms with Gasteiger partial charge in [-0.25, -0.2) is 9.97 Å². The van der Waals surface area contributed by atoms with E-state index in [2.05, 4.69) is 17.1 Å². The van der Waals surface area contributed by atoms with Crippen LogP contribution in [0.2, 0.25) is 0 Å². The first-order valence-electron chi connectivity index (χ1n) is 11.9. The number of ether oxygens (including phenoxy) is 1. The van der Waals surface area contributed by atoms with Crippen LogP contribution in [-0.2, 0) is 12.8 Å². The summed E-state index contributed by atoms with van der Waals surface area (Å²) in [4.78, 5) is 39.3. The number of nitrogens with one attached hydrogen (secondary N) is 1. The highest BCUT2D eigenvalue weighted by molar-refractivity contribution is 7.99. The molecule has 1 aliphatic rings. The summed E-state index contributed by atoms with van der Waals surface area (Å²) >= 11 is 2.64. The van der Waals surface area contributed by atoms with Gasteiger partial charge in [-0.3, -0.25) is 9.59 Å². The minimum Gasteiger partial charge on any atom is -0.497 e. The molecule has 8 heteroatoms. The number of fused-ring (bicyclic) bond motifs is 4. The fourth-order valence-corrected chi connectivity index (χ4v) is 6.59. The summed E-state index contributed by atoms with van der Waals surface area (Å²) in [6.07, 6.45) is 4.12. The molecular weight excluding hydrogens is 490 g/mol. The molecule has 180 valence electrons. The monoisotopic (exact) mass is 513 g/mol. The number of aromatic amines is 1. The molecule has 2 aromatic carbocycles. The second-order valence-corrected chi connectivity index (χ2v) is 10.7. The highest BCUT2D eigenvalue weighted by Crippen LogP contribution is 2.42. The van der Waals surface area contributed by atoms with Crippen molar-refractivity contribution in [2.45, 2.75) is 30.8 Å². The van der Waals surface area contributed by atoms with E-state index >= 15 is 0 Å². The Morgan fingerprint density at radius 2 is 1.83 bits per heavy atom. The fraction of sp³-hybridized carbons (Fsp3) is 0.214. The molecule has 0 saturated heterocycles. The minimum absolute atomic E-state index is 0.00631. The molecule has 0 radical (unpaired) electrons. The van der Waals surface area contributed by atoms with Crippen LogP contribution in [0, 0.1) is 0 Å². The van der Waals surface area contributed by atoms with Crippen molar-refractivity contribution in [1.82, 2.24) is 15.0 Å². The standard InChI is InChI=1S/C28H23N3O3S2/c1-34-18-13-11-17(12-14-18)22-19-9-5-6-10-20(19)29-27-23(22)24-25(36-27)26(33)31-28(30-24)35-15-21(32)16-7-3-2-4-8-16/h2-4,7-8,11-14H,5-6,9-10,15H2,1H3,(H,30,31,33). The van der Waals surface area contributed by atoms with Crippen LogP contribution in [0.25, 0.3) is 31.6 Å². The lowest BCUT2D eigenvalue weighted by Gasteiger charge is -2.20. The van der Waals surface area contributed by atoms with Crippen molar-refractivity contribution >= 4 is 49.3 Å². The van der Waals surface area contributed by atoms with Crippen molar-refractivity contribution in [2.24, 2.45) is 0 Å². The Balaban J connectivity index is 1.50. The molecule has 3 heterocycles. The van der Waals surface area contributed by atoms with Crippen molar-refractivity contribution in [3.8, 4) is 16.9 Å². The van der Waals surface area contributed by atoms with Crippen molar-refractivity contribution in [3.63, 3.8) is 0 Å². The van der Waals surface area contributed by atoms with Crippen molar-refractivity contribution in [3.05, 3.63) is 81.8 Å². The molecule has 1 N–H and O–H groups in total. The van der Waals surface area contributed by atoms with Crippen LogP contribution in [-0.4, -0.2) is 33.6 Å². The quantitative estimate of drug-likeness (QED) is 0.169. The lowest BCUT2D eigenvalue weighted by Crippen LogP contribution is -2.10. The number of aryl methyl sites for hydroxylation is 1. The average molecular weight is 514 g/mol. The molecule has 0 atom stereocenters. The number of hydrogen-bond donors (Lipinski definition) is 1. The Morgan fingerprint density at radius 1 is 1.06 bits per heavy atom. The van der Waals surface area contributed by atoms with Crippen LogP contribution in [0.1, 0.15) is 34.5 Å². The first-order chi connectivity index (χ1) is 17.6. The largest absolute Gasteiger partial charge is 0.497 e. The maximum absolute atomic E-state index is 13.1. The van der Waals surface area contributed by atoms with Crippen molar-refractivity contribution in [2.75, 3.05) is 12.9 Å². The van der Waals surface area contributed by atoms with Gasteiger partial charge in [0, 0.05) is 16.6 Å². The summed E-state index contributed by atoms with van der Waals surface area (Å²) in [6, 6.07) is 17.2. The van der Waals surface area contributed by atoms with Gasteiger partial charge in [-0.05, 0) is 54.5 Å². The Kier molecular flexibility index (Phi) is 6.07. The topological polar surface area (TPSA) is 84.9 Å². The highest BCUT2D eigenvalue weighted by atomic mass is 32.2. The number of thioether (sulfide) groups is 1. The molecule has 5 aromatic rings. The van der Waals surface area contributed by atoms with Crippen LogP contribution >= 0.6 is 23.1 Å². The van der Waals surface area contributed by atoms with E-state index in [1.54, 1.807) is 19.2 Å². The maximum atomic E-state index is 13.1. The molecule has 3 aromatic heterocycles. The van der Waals surface area contributed by atoms with Crippen LogP contribution in [0.4, 0.5) is 0 Å². The normalized spacial score (nSPS) is 13.1. The zero-order valence-electron chi connectivity index (χ0n) is 19.7. The number of ketones is 1. The van der Waals surface area contributed by atoms with Gasteiger partial charge in [0.1, 0.15) is 15.3 Å². The number of H-pyrrole nitrogens is 1. The Labute approximate surface area is 215 Å². The lowest BCUT2D eigenvalue weighted by molar-refractivity contribution is 0.102. The third-order valence-corrected chi connectivity index (χ3v) is 8.49. The molecule has 0 saturated carbocycles. The minimum atomic E-state index is -0.198. The van der Waals surface area contributed by atoms with E-state index in [4.69, 9.17) is 14.7 Å². The van der Waals surface area contributed by atoms with Crippen LogP contribution in [0.15, 0.2) is 64.5 Å². The number of benzene rings is 2. The zero-order valence-corrected chi connectivity index (χ0v) is 21.3. The SMILES string of the molecule is COc1ccc(-c2c3c(nc4sc5c(=O)[nH]c(SCC(=O)c6ccccc6)nc5c24)CCCC3)cc1. The molecule has 0 aliphatic heterocycles. The van der Waals surface area contributed by atoms with Gasteiger partial charge in [0.2, 0.25) is 0 Å². The molecule has 0 bridgehead atoms. The summed E-state index contributed by atoms with van der Waals surface area (Å²) in [6.45, 7) is 0. The van der Waals surface area contributed by atoms with E-state index in [-0.39, 0.29) is 17.1 Å². The maximum Gasteiger partial charge on any atom is 0.269 e. The average Bonchev–Trinajstić information content (AvgIpc) is 3.29. The van der Waals surface area contributed by atoms with Gasteiger partial charge >= 0.3 is 0 Å². The smallest absolute Gasteiger partial charge is 0.269 e. The number of Topliss-reactive ketones (excluding diaryl/α,β-unsaturated/α-hetero) is 1. The summed E-state index contributed by atoms with van der Waals surface area (Å²) in [5.41, 5.74) is 5.64. The molecule has 0 unspecified atom stereocenters. The second kappa shape index (κ2) is 9.52. The third kappa shape index (κ3) is 4.10. The molecule has 6 nitrogen and oxygen atoms in total. The third-order valence-electron chi connectivity index (χ3n) is 6.55.